The smallest absolute Gasteiger partial charge is 0.307 e. The summed E-state index contributed by atoms with van der Waals surface area (Å²) in [6.45, 7) is 9.14. The molecule has 25 heavy (non-hydrogen) atoms. The van der Waals surface area contributed by atoms with Gasteiger partial charge in [-0.15, -0.1) is 0 Å². The van der Waals surface area contributed by atoms with Crippen LogP contribution < -0.4 is 5.32 Å². The summed E-state index contributed by atoms with van der Waals surface area (Å²) < 4.78 is 1.89. The second kappa shape index (κ2) is 8.50. The first kappa shape index (κ1) is 19.5. The standard InChI is InChI=1S/C19H26ClN3O2/c1-12(2)9-15(19(24)25)10-21-11-18-13(3)22-23(14(18)4)17-7-5-16(20)6-8-17/h5-8,12,15,21H,9-11H2,1-4H3,(H,24,25). The van der Waals surface area contributed by atoms with Gasteiger partial charge in [0.15, 0.2) is 0 Å². The Kier molecular flexibility index (Phi) is 6.62. The summed E-state index contributed by atoms with van der Waals surface area (Å²) in [5.74, 6) is -0.752. The van der Waals surface area contributed by atoms with E-state index in [0.717, 1.165) is 22.6 Å². The van der Waals surface area contributed by atoms with Gasteiger partial charge in [0.25, 0.3) is 0 Å². The van der Waals surface area contributed by atoms with Gasteiger partial charge in [0.1, 0.15) is 0 Å². The van der Waals surface area contributed by atoms with Gasteiger partial charge in [0.05, 0.1) is 17.3 Å². The second-order valence-corrected chi connectivity index (χ2v) is 7.27. The van der Waals surface area contributed by atoms with Gasteiger partial charge < -0.3 is 10.4 Å². The molecule has 0 saturated carbocycles. The fourth-order valence-corrected chi connectivity index (χ4v) is 3.10. The number of aromatic nitrogens is 2. The van der Waals surface area contributed by atoms with E-state index < -0.39 is 5.97 Å². The average molecular weight is 364 g/mol. The van der Waals surface area contributed by atoms with E-state index in [0.29, 0.717) is 30.5 Å². The second-order valence-electron chi connectivity index (χ2n) is 6.83. The van der Waals surface area contributed by atoms with Gasteiger partial charge in [0.2, 0.25) is 0 Å². The van der Waals surface area contributed by atoms with Crippen LogP contribution in [-0.4, -0.2) is 27.4 Å². The molecule has 5 nitrogen and oxygen atoms in total. The molecule has 2 aromatic rings. The molecule has 1 atom stereocenters. The van der Waals surface area contributed by atoms with E-state index in [1.165, 1.54) is 0 Å². The molecule has 1 aromatic carbocycles. The Morgan fingerprint density at radius 3 is 2.48 bits per heavy atom. The molecule has 0 saturated heterocycles. The zero-order valence-electron chi connectivity index (χ0n) is 15.2. The number of carboxylic acids is 1. The van der Waals surface area contributed by atoms with Crippen LogP contribution in [-0.2, 0) is 11.3 Å². The predicted molar refractivity (Wildman–Crippen MR) is 100 cm³/mol. The van der Waals surface area contributed by atoms with Crippen molar-refractivity contribution in [1.82, 2.24) is 15.1 Å². The molecule has 0 fully saturated rings. The summed E-state index contributed by atoms with van der Waals surface area (Å²) >= 11 is 5.95. The molecule has 2 N–H and O–H groups in total. The summed E-state index contributed by atoms with van der Waals surface area (Å²) in [6.07, 6.45) is 0.671. The molecule has 0 aliphatic carbocycles. The van der Waals surface area contributed by atoms with Gasteiger partial charge in [0, 0.05) is 29.4 Å². The van der Waals surface area contributed by atoms with Crippen LogP contribution in [0.5, 0.6) is 0 Å². The fraction of sp³-hybridized carbons (Fsp3) is 0.474. The third kappa shape index (κ3) is 5.06. The highest BCUT2D eigenvalue weighted by molar-refractivity contribution is 6.30. The van der Waals surface area contributed by atoms with Crippen LogP contribution in [0.3, 0.4) is 0 Å². The monoisotopic (exact) mass is 363 g/mol. The van der Waals surface area contributed by atoms with Crippen LogP contribution in [0.15, 0.2) is 24.3 Å². The van der Waals surface area contributed by atoms with Crippen molar-refractivity contribution in [3.8, 4) is 5.69 Å². The SMILES string of the molecule is Cc1nn(-c2ccc(Cl)cc2)c(C)c1CNCC(CC(C)C)C(=O)O. The van der Waals surface area contributed by atoms with Crippen LogP contribution >= 0.6 is 11.6 Å². The van der Waals surface area contributed by atoms with Crippen LogP contribution in [0.4, 0.5) is 0 Å². The lowest BCUT2D eigenvalue weighted by atomic mass is 9.97. The Hall–Kier alpha value is -1.85. The topological polar surface area (TPSA) is 67.2 Å². The van der Waals surface area contributed by atoms with Gasteiger partial charge in [-0.05, 0) is 50.5 Å². The Morgan fingerprint density at radius 1 is 1.28 bits per heavy atom. The van der Waals surface area contributed by atoms with Crippen LogP contribution in [0.25, 0.3) is 5.69 Å². The van der Waals surface area contributed by atoms with Gasteiger partial charge in [-0.1, -0.05) is 25.4 Å². The zero-order chi connectivity index (χ0) is 18.6. The van der Waals surface area contributed by atoms with Crippen molar-refractivity contribution in [1.29, 1.82) is 0 Å². The molecule has 0 bridgehead atoms. The highest BCUT2D eigenvalue weighted by atomic mass is 35.5. The van der Waals surface area contributed by atoms with E-state index in [9.17, 15) is 9.90 Å². The maximum absolute atomic E-state index is 11.4. The minimum absolute atomic E-state index is 0.360. The molecular weight excluding hydrogens is 338 g/mol. The minimum atomic E-state index is -0.744. The van der Waals surface area contributed by atoms with Crippen molar-refractivity contribution in [2.24, 2.45) is 11.8 Å². The molecule has 0 aliphatic rings. The molecule has 2 rings (SSSR count). The van der Waals surface area contributed by atoms with Crippen LogP contribution in [0.1, 0.15) is 37.2 Å². The Morgan fingerprint density at radius 2 is 1.92 bits per heavy atom. The maximum atomic E-state index is 11.4. The van der Waals surface area contributed by atoms with Crippen molar-refractivity contribution < 1.29 is 9.90 Å². The van der Waals surface area contributed by atoms with Crippen molar-refractivity contribution in [2.45, 2.75) is 40.7 Å². The van der Waals surface area contributed by atoms with Gasteiger partial charge in [-0.25, -0.2) is 4.68 Å². The number of hydrogen-bond acceptors (Lipinski definition) is 3. The largest absolute Gasteiger partial charge is 0.481 e. The Bertz CT molecular complexity index is 723. The van der Waals surface area contributed by atoms with E-state index in [-0.39, 0.29) is 5.92 Å². The number of benzene rings is 1. The van der Waals surface area contributed by atoms with Crippen LogP contribution in [0, 0.1) is 25.7 Å². The third-order valence-electron chi connectivity index (χ3n) is 4.31. The van der Waals surface area contributed by atoms with Gasteiger partial charge in [-0.2, -0.15) is 5.10 Å². The number of nitrogens with one attached hydrogen (secondary N) is 1. The number of carboxylic acid groups (broad SMARTS) is 1. The first-order valence-electron chi connectivity index (χ1n) is 8.54. The zero-order valence-corrected chi connectivity index (χ0v) is 16.0. The highest BCUT2D eigenvalue weighted by Crippen LogP contribution is 2.20. The molecule has 1 unspecified atom stereocenters. The number of hydrogen-bond donors (Lipinski definition) is 2. The van der Waals surface area contributed by atoms with E-state index in [1.54, 1.807) is 0 Å². The number of aryl methyl sites for hydroxylation is 1. The molecule has 0 aliphatic heterocycles. The molecule has 0 amide bonds. The Labute approximate surface area is 154 Å². The first-order valence-corrected chi connectivity index (χ1v) is 8.92. The summed E-state index contributed by atoms with van der Waals surface area (Å²) in [7, 11) is 0. The molecule has 0 radical (unpaired) electrons. The number of aliphatic carboxylic acids is 1. The molecule has 1 heterocycles. The number of halogens is 1. The maximum Gasteiger partial charge on any atom is 0.307 e. The van der Waals surface area contributed by atoms with Gasteiger partial charge >= 0.3 is 5.97 Å². The number of carbonyl (C=O) groups is 1. The minimum Gasteiger partial charge on any atom is -0.481 e. The van der Waals surface area contributed by atoms with E-state index in [4.69, 9.17) is 11.6 Å². The van der Waals surface area contributed by atoms with Crippen LogP contribution in [0.2, 0.25) is 5.02 Å². The van der Waals surface area contributed by atoms with Crippen molar-refractivity contribution in [2.75, 3.05) is 6.54 Å². The average Bonchev–Trinajstić information content (AvgIpc) is 2.82. The third-order valence-corrected chi connectivity index (χ3v) is 4.56. The quantitative estimate of drug-likeness (QED) is 0.744. The molecule has 136 valence electrons. The summed E-state index contributed by atoms with van der Waals surface area (Å²) in [4.78, 5) is 11.4. The van der Waals surface area contributed by atoms with E-state index >= 15 is 0 Å². The molecule has 0 spiro atoms. The predicted octanol–water partition coefficient (Wildman–Crippen LogP) is 3.98. The highest BCUT2D eigenvalue weighted by Gasteiger charge is 2.19. The van der Waals surface area contributed by atoms with Crippen molar-refractivity contribution in [3.05, 3.63) is 46.2 Å². The Balaban J connectivity index is 2.08. The molecule has 6 heteroatoms. The lowest BCUT2D eigenvalue weighted by Gasteiger charge is -2.15. The summed E-state index contributed by atoms with van der Waals surface area (Å²) in [5.41, 5.74) is 4.04. The first-order chi connectivity index (χ1) is 11.8. The molecular formula is C19H26ClN3O2. The number of rotatable bonds is 8. The summed E-state index contributed by atoms with van der Waals surface area (Å²) in [6, 6.07) is 7.55. The van der Waals surface area contributed by atoms with Crippen molar-refractivity contribution in [3.63, 3.8) is 0 Å². The normalized spacial score (nSPS) is 12.6. The van der Waals surface area contributed by atoms with E-state index in [2.05, 4.69) is 10.4 Å². The fourth-order valence-electron chi connectivity index (χ4n) is 2.98. The number of nitrogens with zero attached hydrogens (tertiary/aromatic N) is 2. The lowest BCUT2D eigenvalue weighted by molar-refractivity contribution is -0.142. The van der Waals surface area contributed by atoms with Crippen molar-refractivity contribution >= 4 is 17.6 Å². The molecule has 1 aromatic heterocycles. The van der Waals surface area contributed by atoms with Gasteiger partial charge in [-0.3, -0.25) is 4.79 Å². The summed E-state index contributed by atoms with van der Waals surface area (Å²) in [5, 5.41) is 17.9. The lowest BCUT2D eigenvalue weighted by Crippen LogP contribution is -2.29. The van der Waals surface area contributed by atoms with E-state index in [1.807, 2.05) is 56.6 Å².